The normalized spacial score (nSPS) is 11.9. The van der Waals surface area contributed by atoms with E-state index in [0.717, 1.165) is 16.6 Å². The summed E-state index contributed by atoms with van der Waals surface area (Å²) in [6, 6.07) is 11.3. The number of aromatic nitrogens is 5. The molecule has 0 spiro atoms. The second kappa shape index (κ2) is 8.91. The molecule has 0 amide bonds. The predicted molar refractivity (Wildman–Crippen MR) is 118 cm³/mol. The van der Waals surface area contributed by atoms with Crippen LogP contribution in [0.2, 0.25) is 0 Å². The monoisotopic (exact) mass is 483 g/mol. The van der Waals surface area contributed by atoms with E-state index in [1.54, 1.807) is 13.2 Å². The molecule has 0 fully saturated rings. The maximum absolute atomic E-state index is 15.6. The molecule has 5 aromatic rings. The minimum Gasteiger partial charge on any atom is -0.490 e. The molecule has 2 aromatic carbocycles. The van der Waals surface area contributed by atoms with Crippen LogP contribution in [0, 0.1) is 11.6 Å². The van der Waals surface area contributed by atoms with E-state index in [0.29, 0.717) is 29.3 Å². The van der Waals surface area contributed by atoms with Gasteiger partial charge in [-0.1, -0.05) is 6.07 Å². The van der Waals surface area contributed by atoms with Crippen molar-refractivity contribution in [1.29, 1.82) is 0 Å². The number of hydrogen-bond acceptors (Lipinski definition) is 6. The van der Waals surface area contributed by atoms with E-state index in [-0.39, 0.29) is 29.1 Å². The van der Waals surface area contributed by atoms with E-state index in [9.17, 15) is 8.78 Å². The summed E-state index contributed by atoms with van der Waals surface area (Å²) in [5, 5.41) is 12.0. The molecule has 0 saturated carbocycles. The highest BCUT2D eigenvalue weighted by Crippen LogP contribution is 2.36. The number of fused-ring (bicyclic) bond motifs is 2. The van der Waals surface area contributed by atoms with Gasteiger partial charge in [0, 0.05) is 29.7 Å². The molecular formula is C24H17F4N5O2. The number of rotatable bonds is 7. The van der Waals surface area contributed by atoms with Gasteiger partial charge in [-0.25, -0.2) is 8.78 Å². The smallest absolute Gasteiger partial charge is 0.333 e. The van der Waals surface area contributed by atoms with Crippen LogP contribution in [0.5, 0.6) is 5.75 Å². The molecule has 0 unspecified atom stereocenters. The molecule has 178 valence electrons. The maximum Gasteiger partial charge on any atom is 0.333 e. The minimum atomic E-state index is -3.60. The summed E-state index contributed by atoms with van der Waals surface area (Å²) in [7, 11) is 1.54. The molecular weight excluding hydrogens is 466 g/mol. The molecule has 0 bridgehead atoms. The first-order valence-electron chi connectivity index (χ1n) is 10.4. The highest BCUT2D eigenvalue weighted by Gasteiger charge is 2.40. The average molecular weight is 483 g/mol. The number of halogens is 4. The molecule has 0 saturated heterocycles. The first-order valence-corrected chi connectivity index (χ1v) is 10.4. The van der Waals surface area contributed by atoms with Crippen LogP contribution in [0.4, 0.5) is 17.6 Å². The summed E-state index contributed by atoms with van der Waals surface area (Å²) < 4.78 is 69.9. The van der Waals surface area contributed by atoms with Crippen LogP contribution in [0.3, 0.4) is 0 Å². The van der Waals surface area contributed by atoms with Gasteiger partial charge in [0.2, 0.25) is 5.82 Å². The Labute approximate surface area is 196 Å². The summed E-state index contributed by atoms with van der Waals surface area (Å²) in [6.45, 7) is 0.655. The Hall–Kier alpha value is -4.12. The van der Waals surface area contributed by atoms with Crippen LogP contribution in [0.25, 0.3) is 27.8 Å². The number of methoxy groups -OCH3 is 1. The fourth-order valence-electron chi connectivity index (χ4n) is 3.60. The summed E-state index contributed by atoms with van der Waals surface area (Å²) in [4.78, 5) is 4.24. The lowest BCUT2D eigenvalue weighted by Crippen LogP contribution is -2.20. The number of benzene rings is 2. The molecule has 3 heterocycles. The summed E-state index contributed by atoms with van der Waals surface area (Å²) in [5.74, 6) is -5.56. The lowest BCUT2D eigenvalue weighted by molar-refractivity contribution is 0.0307. The fourth-order valence-corrected chi connectivity index (χ4v) is 3.60. The first kappa shape index (κ1) is 22.7. The van der Waals surface area contributed by atoms with Crippen molar-refractivity contribution in [3.8, 4) is 17.0 Å². The number of ether oxygens (including phenoxy) is 2. The lowest BCUT2D eigenvalue weighted by atomic mass is 10.0. The standard InChI is InChI=1S/C24H17F4N5O2/c1-34-6-7-35-19-11-14-8-16(2-3-20(14)29-13-19)24(27,28)23-31-30-22-5-4-21(32-33(22)23)15-9-17(25)12-18(26)10-15/h2-5,8-13H,6-7H2,1H3. The van der Waals surface area contributed by atoms with Gasteiger partial charge < -0.3 is 9.47 Å². The second-order valence-corrected chi connectivity index (χ2v) is 7.66. The molecule has 7 nitrogen and oxygen atoms in total. The summed E-state index contributed by atoms with van der Waals surface area (Å²) in [5.41, 5.74) is 0.359. The molecule has 35 heavy (non-hydrogen) atoms. The summed E-state index contributed by atoms with van der Waals surface area (Å²) >= 11 is 0. The molecule has 0 aliphatic heterocycles. The largest absolute Gasteiger partial charge is 0.490 e. The van der Waals surface area contributed by atoms with Crippen LogP contribution in [0.15, 0.2) is 60.8 Å². The molecule has 5 rings (SSSR count). The van der Waals surface area contributed by atoms with Crippen molar-refractivity contribution < 1.29 is 27.0 Å². The van der Waals surface area contributed by atoms with Crippen LogP contribution in [-0.4, -0.2) is 45.1 Å². The third-order valence-electron chi connectivity index (χ3n) is 5.28. The Morgan fingerprint density at radius 2 is 1.71 bits per heavy atom. The van der Waals surface area contributed by atoms with Gasteiger partial charge in [0.15, 0.2) is 5.65 Å². The van der Waals surface area contributed by atoms with E-state index >= 15 is 8.78 Å². The quantitative estimate of drug-likeness (QED) is 0.245. The van der Waals surface area contributed by atoms with E-state index in [4.69, 9.17) is 9.47 Å². The first-order chi connectivity index (χ1) is 16.8. The zero-order valence-corrected chi connectivity index (χ0v) is 18.3. The highest BCUT2D eigenvalue weighted by atomic mass is 19.3. The van der Waals surface area contributed by atoms with Gasteiger partial charge in [0.05, 0.1) is 24.0 Å². The third-order valence-corrected chi connectivity index (χ3v) is 5.28. The van der Waals surface area contributed by atoms with E-state index in [1.165, 1.54) is 36.5 Å². The van der Waals surface area contributed by atoms with Crippen molar-refractivity contribution >= 4 is 16.6 Å². The molecule has 0 N–H and O–H groups in total. The zero-order valence-electron chi connectivity index (χ0n) is 18.3. The van der Waals surface area contributed by atoms with Crippen molar-refractivity contribution in [1.82, 2.24) is 24.8 Å². The lowest BCUT2D eigenvalue weighted by Gasteiger charge is -2.15. The summed E-state index contributed by atoms with van der Waals surface area (Å²) in [6.07, 6.45) is 1.50. The molecule has 0 atom stereocenters. The van der Waals surface area contributed by atoms with Crippen LogP contribution >= 0.6 is 0 Å². The Morgan fingerprint density at radius 1 is 0.914 bits per heavy atom. The zero-order chi connectivity index (χ0) is 24.6. The van der Waals surface area contributed by atoms with Gasteiger partial charge in [-0.15, -0.1) is 10.2 Å². The van der Waals surface area contributed by atoms with Crippen LogP contribution in [0.1, 0.15) is 11.4 Å². The Morgan fingerprint density at radius 3 is 2.49 bits per heavy atom. The highest BCUT2D eigenvalue weighted by molar-refractivity contribution is 5.80. The average Bonchev–Trinajstić information content (AvgIpc) is 3.27. The van der Waals surface area contributed by atoms with Crippen molar-refractivity contribution in [2.75, 3.05) is 20.3 Å². The van der Waals surface area contributed by atoms with Crippen molar-refractivity contribution in [2.24, 2.45) is 0 Å². The molecule has 0 radical (unpaired) electrons. The van der Waals surface area contributed by atoms with Crippen molar-refractivity contribution in [3.05, 3.63) is 83.8 Å². The van der Waals surface area contributed by atoms with Crippen LogP contribution < -0.4 is 4.74 Å². The van der Waals surface area contributed by atoms with E-state index in [2.05, 4.69) is 20.3 Å². The van der Waals surface area contributed by atoms with Gasteiger partial charge >= 0.3 is 5.92 Å². The van der Waals surface area contributed by atoms with Gasteiger partial charge in [-0.3, -0.25) is 4.98 Å². The van der Waals surface area contributed by atoms with Gasteiger partial charge in [-0.2, -0.15) is 18.4 Å². The molecule has 11 heteroatoms. The SMILES string of the molecule is COCCOc1cnc2ccc(C(F)(F)c3nnc4ccc(-c5cc(F)cc(F)c5)nn34)cc2c1. The molecule has 3 aromatic heterocycles. The number of alkyl halides is 2. The minimum absolute atomic E-state index is 0.0524. The van der Waals surface area contributed by atoms with Gasteiger partial charge in [0.1, 0.15) is 24.0 Å². The Kier molecular flexibility index (Phi) is 5.77. The van der Waals surface area contributed by atoms with E-state index in [1.807, 2.05) is 0 Å². The van der Waals surface area contributed by atoms with Gasteiger partial charge in [-0.05, 0) is 42.5 Å². The molecule has 0 aliphatic rings. The second-order valence-electron chi connectivity index (χ2n) is 7.66. The molecule has 0 aliphatic carbocycles. The Balaban J connectivity index is 1.55. The van der Waals surface area contributed by atoms with Crippen molar-refractivity contribution in [3.63, 3.8) is 0 Å². The maximum atomic E-state index is 15.6. The number of nitrogens with zero attached hydrogens (tertiary/aromatic N) is 5. The fraction of sp³-hybridized carbons (Fsp3) is 0.167. The van der Waals surface area contributed by atoms with Gasteiger partial charge in [0.25, 0.3) is 0 Å². The topological polar surface area (TPSA) is 74.4 Å². The number of hydrogen-bond donors (Lipinski definition) is 0. The van der Waals surface area contributed by atoms with E-state index < -0.39 is 23.4 Å². The van der Waals surface area contributed by atoms with Crippen molar-refractivity contribution in [2.45, 2.75) is 5.92 Å². The van der Waals surface area contributed by atoms with Crippen LogP contribution in [-0.2, 0) is 10.7 Å². The Bertz CT molecular complexity index is 1520. The third kappa shape index (κ3) is 4.37. The predicted octanol–water partition coefficient (Wildman–Crippen LogP) is 4.78. The number of pyridine rings is 1.